The lowest BCUT2D eigenvalue weighted by Crippen LogP contribution is -2.52. The third-order valence-electron chi connectivity index (χ3n) is 5.33. The summed E-state index contributed by atoms with van der Waals surface area (Å²) < 4.78 is 41.7. The van der Waals surface area contributed by atoms with Crippen LogP contribution < -0.4 is 5.32 Å². The number of nitrogens with zero attached hydrogens (tertiary/aromatic N) is 4. The molecule has 164 valence electrons. The number of aryl methyl sites for hydroxylation is 1. The summed E-state index contributed by atoms with van der Waals surface area (Å²) in [5.41, 5.74) is -1.94. The highest BCUT2D eigenvalue weighted by Crippen LogP contribution is 2.40. The van der Waals surface area contributed by atoms with Crippen molar-refractivity contribution in [2.45, 2.75) is 24.7 Å². The molecule has 2 N–H and O–H groups in total. The molecule has 1 aliphatic heterocycles. The zero-order chi connectivity index (χ0) is 21.8. The second-order valence-corrected chi connectivity index (χ2v) is 7.45. The van der Waals surface area contributed by atoms with Crippen molar-refractivity contribution in [1.29, 1.82) is 0 Å². The van der Waals surface area contributed by atoms with Gasteiger partial charge in [-0.2, -0.15) is 13.2 Å². The fourth-order valence-corrected chi connectivity index (χ4v) is 3.56. The lowest BCUT2D eigenvalue weighted by atomic mass is 9.97. The van der Waals surface area contributed by atoms with Gasteiger partial charge >= 0.3 is 12.2 Å². The van der Waals surface area contributed by atoms with Crippen LogP contribution >= 0.6 is 0 Å². The molecule has 0 saturated carbocycles. The van der Waals surface area contributed by atoms with Crippen molar-refractivity contribution < 1.29 is 23.1 Å². The highest BCUT2D eigenvalue weighted by atomic mass is 19.4. The van der Waals surface area contributed by atoms with Crippen molar-refractivity contribution in [3.05, 3.63) is 54.1 Å². The molecule has 1 saturated heterocycles. The number of benzene rings is 1. The second kappa shape index (κ2) is 9.05. The van der Waals surface area contributed by atoms with E-state index >= 15 is 0 Å². The molecule has 1 aromatic carbocycles. The van der Waals surface area contributed by atoms with E-state index in [2.05, 4.69) is 15.2 Å². The number of nitrogens with one attached hydrogen (secondary N) is 1. The minimum atomic E-state index is -4.92. The molecule has 1 atom stereocenters. The number of hydrogen-bond acceptors (Lipinski definition) is 4. The molecule has 1 aromatic heterocycles. The number of carbonyl (C=O) groups excluding carboxylic acids is 1. The third kappa shape index (κ3) is 4.93. The van der Waals surface area contributed by atoms with Crippen LogP contribution in [0.5, 0.6) is 0 Å². The maximum atomic E-state index is 13.5. The lowest BCUT2D eigenvalue weighted by molar-refractivity contribution is -0.272. The van der Waals surface area contributed by atoms with Gasteiger partial charge in [0.25, 0.3) is 0 Å². The molecule has 1 unspecified atom stereocenters. The van der Waals surface area contributed by atoms with Crippen molar-refractivity contribution in [3.8, 4) is 0 Å². The van der Waals surface area contributed by atoms with E-state index in [1.54, 1.807) is 4.90 Å². The molecule has 2 amide bonds. The Morgan fingerprint density at radius 2 is 1.83 bits per heavy atom. The predicted octanol–water partition coefficient (Wildman–Crippen LogP) is 2.09. The molecule has 2 aromatic rings. The van der Waals surface area contributed by atoms with Gasteiger partial charge in [0, 0.05) is 65.1 Å². The van der Waals surface area contributed by atoms with E-state index in [1.807, 2.05) is 30.3 Å². The van der Waals surface area contributed by atoms with Crippen LogP contribution in [0.15, 0.2) is 42.7 Å². The van der Waals surface area contributed by atoms with Crippen LogP contribution in [0.2, 0.25) is 0 Å². The van der Waals surface area contributed by atoms with Crippen molar-refractivity contribution in [1.82, 2.24) is 24.7 Å². The molecule has 7 nitrogen and oxygen atoms in total. The summed E-state index contributed by atoms with van der Waals surface area (Å²) in [6, 6.07) is 9.57. The number of imidazole rings is 1. The molecule has 0 aliphatic carbocycles. The summed E-state index contributed by atoms with van der Waals surface area (Å²) in [5.74, 6) is -0.501. The van der Waals surface area contributed by atoms with Gasteiger partial charge in [-0.25, -0.2) is 9.78 Å². The van der Waals surface area contributed by atoms with Gasteiger partial charge in [-0.05, 0) is 5.56 Å². The van der Waals surface area contributed by atoms with E-state index in [1.165, 1.54) is 25.0 Å². The number of carbonyl (C=O) groups is 1. The summed E-state index contributed by atoms with van der Waals surface area (Å²) in [5, 5.41) is 12.8. The summed E-state index contributed by atoms with van der Waals surface area (Å²) in [6.07, 6.45) is -3.11. The molecular formula is C20H26F3N5O2. The molecule has 3 rings (SSSR count). The number of rotatable bonds is 6. The van der Waals surface area contributed by atoms with Crippen molar-refractivity contribution in [2.75, 3.05) is 32.7 Å². The van der Waals surface area contributed by atoms with E-state index in [-0.39, 0.29) is 6.54 Å². The van der Waals surface area contributed by atoms with Gasteiger partial charge < -0.3 is 19.9 Å². The molecule has 1 aliphatic rings. The molecule has 0 radical (unpaired) electrons. The molecule has 30 heavy (non-hydrogen) atoms. The Morgan fingerprint density at radius 1 is 1.17 bits per heavy atom. The average molecular weight is 425 g/mol. The number of aromatic nitrogens is 2. The Kier molecular flexibility index (Phi) is 6.67. The van der Waals surface area contributed by atoms with E-state index < -0.39 is 30.1 Å². The monoisotopic (exact) mass is 425 g/mol. The molecule has 0 bridgehead atoms. The fraction of sp³-hybridized carbons (Fsp3) is 0.500. The van der Waals surface area contributed by atoms with Crippen LogP contribution in [0.1, 0.15) is 17.8 Å². The maximum Gasteiger partial charge on any atom is 0.424 e. The van der Waals surface area contributed by atoms with Gasteiger partial charge in [-0.3, -0.25) is 4.90 Å². The number of halogens is 3. The van der Waals surface area contributed by atoms with Crippen LogP contribution in [0, 0.1) is 0 Å². The minimum Gasteiger partial charge on any atom is -0.374 e. The first-order valence-corrected chi connectivity index (χ1v) is 9.76. The number of aliphatic hydroxyl groups is 1. The van der Waals surface area contributed by atoms with Crippen LogP contribution in [0.25, 0.3) is 0 Å². The Balaban J connectivity index is 1.49. The number of amides is 2. The Morgan fingerprint density at radius 3 is 2.40 bits per heavy atom. The summed E-state index contributed by atoms with van der Waals surface area (Å²) >= 11 is 0. The zero-order valence-corrected chi connectivity index (χ0v) is 16.8. The number of piperazine rings is 1. The first kappa shape index (κ1) is 22.1. The standard InChI is InChI=1S/C20H26F3N5O2/c1-26-10-9-24-17(26)19(30,20(21,22)23)7-8-25-18(29)28-13-11-27(12-14-28)15-16-5-3-2-4-6-16/h2-6,9-10,30H,7-8,11-15H2,1H3,(H,25,29). The summed E-state index contributed by atoms with van der Waals surface area (Å²) in [6.45, 7) is 2.80. The zero-order valence-electron chi connectivity index (χ0n) is 16.8. The highest BCUT2D eigenvalue weighted by Gasteiger charge is 2.57. The van der Waals surface area contributed by atoms with E-state index in [0.717, 1.165) is 11.1 Å². The van der Waals surface area contributed by atoms with Crippen LogP contribution in [0.4, 0.5) is 18.0 Å². The first-order chi connectivity index (χ1) is 14.2. The minimum absolute atomic E-state index is 0.327. The second-order valence-electron chi connectivity index (χ2n) is 7.45. The van der Waals surface area contributed by atoms with Crippen molar-refractivity contribution >= 4 is 6.03 Å². The van der Waals surface area contributed by atoms with E-state index in [9.17, 15) is 23.1 Å². The van der Waals surface area contributed by atoms with Gasteiger partial charge in [-0.1, -0.05) is 30.3 Å². The quantitative estimate of drug-likeness (QED) is 0.744. The Hall–Kier alpha value is -2.59. The summed E-state index contributed by atoms with van der Waals surface area (Å²) in [4.78, 5) is 19.8. The van der Waals surface area contributed by atoms with Crippen LogP contribution in [-0.4, -0.2) is 69.4 Å². The van der Waals surface area contributed by atoms with Crippen molar-refractivity contribution in [2.24, 2.45) is 7.05 Å². The SMILES string of the molecule is Cn1ccnc1C(O)(CCNC(=O)N1CCN(Cc2ccccc2)CC1)C(F)(F)F. The van der Waals surface area contributed by atoms with Gasteiger partial charge in [-0.15, -0.1) is 0 Å². The first-order valence-electron chi connectivity index (χ1n) is 9.76. The number of urea groups is 1. The van der Waals surface area contributed by atoms with Crippen molar-refractivity contribution in [3.63, 3.8) is 0 Å². The summed E-state index contributed by atoms with van der Waals surface area (Å²) in [7, 11) is 1.38. The van der Waals surface area contributed by atoms with Gasteiger partial charge in [0.05, 0.1) is 0 Å². The molecule has 10 heteroatoms. The van der Waals surface area contributed by atoms with E-state index in [4.69, 9.17) is 0 Å². The topological polar surface area (TPSA) is 73.6 Å². The lowest BCUT2D eigenvalue weighted by Gasteiger charge is -2.35. The van der Waals surface area contributed by atoms with E-state index in [0.29, 0.717) is 26.2 Å². The molecule has 0 spiro atoms. The Labute approximate surface area is 173 Å². The van der Waals surface area contributed by atoms with Gasteiger partial charge in [0.1, 0.15) is 5.82 Å². The molecule has 1 fully saturated rings. The highest BCUT2D eigenvalue weighted by molar-refractivity contribution is 5.74. The molecular weight excluding hydrogens is 399 g/mol. The average Bonchev–Trinajstić information content (AvgIpc) is 3.14. The maximum absolute atomic E-state index is 13.5. The number of hydrogen-bond donors (Lipinski definition) is 2. The van der Waals surface area contributed by atoms with Gasteiger partial charge in [0.15, 0.2) is 0 Å². The largest absolute Gasteiger partial charge is 0.424 e. The smallest absolute Gasteiger partial charge is 0.374 e. The Bertz CT molecular complexity index is 834. The van der Waals surface area contributed by atoms with Crippen LogP contribution in [0.3, 0.4) is 0 Å². The fourth-order valence-electron chi connectivity index (χ4n) is 3.56. The predicted molar refractivity (Wildman–Crippen MR) is 104 cm³/mol. The molecule has 2 heterocycles. The normalized spacial score (nSPS) is 17.6. The third-order valence-corrected chi connectivity index (χ3v) is 5.33. The van der Waals surface area contributed by atoms with Gasteiger partial charge in [0.2, 0.25) is 5.60 Å². The van der Waals surface area contributed by atoms with Crippen LogP contribution in [-0.2, 0) is 19.2 Å². The number of alkyl halides is 3.